The molecule has 110 valence electrons. The number of hydrogen-bond donors (Lipinski definition) is 0. The van der Waals surface area contributed by atoms with Gasteiger partial charge in [-0.25, -0.2) is 0 Å². The predicted octanol–water partition coefficient (Wildman–Crippen LogP) is 4.87. The highest BCUT2D eigenvalue weighted by Gasteiger charge is 2.27. The van der Waals surface area contributed by atoms with Crippen molar-refractivity contribution in [2.45, 2.75) is 6.16 Å². The average molecular weight is 308 g/mol. The van der Waals surface area contributed by atoms with Crippen LogP contribution in [0.1, 0.15) is 5.56 Å². The first kappa shape index (κ1) is 14.6. The van der Waals surface area contributed by atoms with E-state index in [1.54, 1.807) is 0 Å². The third-order valence-corrected chi connectivity index (χ3v) is 5.75. The summed E-state index contributed by atoms with van der Waals surface area (Å²) in [5.41, 5.74) is 1.01. The first-order valence-electron chi connectivity index (χ1n) is 7.19. The van der Waals surface area contributed by atoms with Gasteiger partial charge in [-0.15, -0.1) is 0 Å². The lowest BCUT2D eigenvalue weighted by molar-refractivity contribution is 0.491. The lowest BCUT2D eigenvalue weighted by Gasteiger charge is -2.20. The zero-order valence-electron chi connectivity index (χ0n) is 12.1. The largest absolute Gasteiger partial charge is 0.440 e. The van der Waals surface area contributed by atoms with Gasteiger partial charge in [0.2, 0.25) is 0 Å². The molecule has 0 saturated heterocycles. The minimum atomic E-state index is -3.02. The topological polar surface area (TPSA) is 26.3 Å². The molecule has 0 aliphatic rings. The van der Waals surface area contributed by atoms with Crippen molar-refractivity contribution in [3.8, 4) is 5.75 Å². The standard InChI is InChI=1S/C19H17O2P/c20-22(19-14-8-3-9-15-19,16-17-10-4-1-5-11-17)21-18-12-6-2-7-13-18/h1-15H,16H2. The molecular formula is C19H17O2P. The van der Waals surface area contributed by atoms with E-state index < -0.39 is 7.37 Å². The molecule has 22 heavy (non-hydrogen) atoms. The minimum absolute atomic E-state index is 0.382. The van der Waals surface area contributed by atoms with Crippen molar-refractivity contribution in [3.05, 3.63) is 96.6 Å². The molecule has 2 nitrogen and oxygen atoms in total. The molecule has 0 radical (unpaired) electrons. The van der Waals surface area contributed by atoms with Gasteiger partial charge in [0, 0.05) is 5.30 Å². The summed E-state index contributed by atoms with van der Waals surface area (Å²) < 4.78 is 19.5. The van der Waals surface area contributed by atoms with Gasteiger partial charge in [-0.1, -0.05) is 66.7 Å². The fourth-order valence-electron chi connectivity index (χ4n) is 2.31. The highest BCUT2D eigenvalue weighted by molar-refractivity contribution is 7.66. The lowest BCUT2D eigenvalue weighted by atomic mass is 10.2. The van der Waals surface area contributed by atoms with Gasteiger partial charge >= 0.3 is 0 Å². The van der Waals surface area contributed by atoms with E-state index in [1.165, 1.54) is 0 Å². The van der Waals surface area contributed by atoms with Crippen LogP contribution in [-0.2, 0) is 10.7 Å². The van der Waals surface area contributed by atoms with E-state index in [2.05, 4.69) is 0 Å². The Labute approximate surface area is 130 Å². The smallest absolute Gasteiger partial charge is 0.281 e. The molecule has 3 aromatic rings. The molecule has 0 bridgehead atoms. The molecule has 1 atom stereocenters. The fraction of sp³-hybridized carbons (Fsp3) is 0.0526. The normalized spacial score (nSPS) is 13.3. The number of hydrogen-bond acceptors (Lipinski definition) is 2. The number of rotatable bonds is 5. The van der Waals surface area contributed by atoms with Gasteiger partial charge in [0.15, 0.2) is 0 Å². The fourth-order valence-corrected chi connectivity index (χ4v) is 4.44. The Morgan fingerprint density at radius 1 is 0.682 bits per heavy atom. The van der Waals surface area contributed by atoms with Crippen LogP contribution in [0, 0.1) is 0 Å². The van der Waals surface area contributed by atoms with Crippen LogP contribution in [0.2, 0.25) is 0 Å². The zero-order chi connectivity index (χ0) is 15.3. The van der Waals surface area contributed by atoms with Crippen LogP contribution >= 0.6 is 7.37 Å². The maximum Gasteiger partial charge on any atom is 0.281 e. The van der Waals surface area contributed by atoms with Crippen molar-refractivity contribution in [1.82, 2.24) is 0 Å². The van der Waals surface area contributed by atoms with E-state index in [0.29, 0.717) is 11.9 Å². The van der Waals surface area contributed by atoms with E-state index in [1.807, 2.05) is 91.0 Å². The van der Waals surface area contributed by atoms with E-state index >= 15 is 0 Å². The second-order valence-corrected chi connectivity index (χ2v) is 7.42. The van der Waals surface area contributed by atoms with Crippen LogP contribution in [0.15, 0.2) is 91.0 Å². The quantitative estimate of drug-likeness (QED) is 0.629. The lowest BCUT2D eigenvalue weighted by Crippen LogP contribution is -2.11. The third-order valence-electron chi connectivity index (χ3n) is 3.38. The van der Waals surface area contributed by atoms with Crippen molar-refractivity contribution in [1.29, 1.82) is 0 Å². The Bertz CT molecular complexity index is 710. The first-order valence-corrected chi connectivity index (χ1v) is 9.00. The Morgan fingerprint density at radius 2 is 1.18 bits per heavy atom. The predicted molar refractivity (Wildman–Crippen MR) is 90.9 cm³/mol. The summed E-state index contributed by atoms with van der Waals surface area (Å²) in [5.74, 6) is 0.630. The molecule has 1 unspecified atom stereocenters. The molecule has 3 heteroatoms. The minimum Gasteiger partial charge on any atom is -0.440 e. The summed E-state index contributed by atoms with van der Waals surface area (Å²) in [4.78, 5) is 0. The Morgan fingerprint density at radius 3 is 1.77 bits per heavy atom. The van der Waals surface area contributed by atoms with Crippen molar-refractivity contribution in [2.24, 2.45) is 0 Å². The Hall–Kier alpha value is -2.31. The average Bonchev–Trinajstić information content (AvgIpc) is 2.57. The Kier molecular flexibility index (Phi) is 4.41. The van der Waals surface area contributed by atoms with Crippen LogP contribution in [-0.4, -0.2) is 0 Å². The van der Waals surface area contributed by atoms with Gasteiger partial charge in [0.1, 0.15) is 5.75 Å². The van der Waals surface area contributed by atoms with Gasteiger partial charge in [-0.2, -0.15) is 0 Å². The molecule has 0 aromatic heterocycles. The molecule has 0 aliphatic heterocycles. The SMILES string of the molecule is O=P(Cc1ccccc1)(Oc1ccccc1)c1ccccc1. The molecule has 0 fully saturated rings. The zero-order valence-corrected chi connectivity index (χ0v) is 13.0. The Balaban J connectivity index is 1.97. The summed E-state index contributed by atoms with van der Waals surface area (Å²) in [6.45, 7) is 0. The number of para-hydroxylation sites is 1. The van der Waals surface area contributed by atoms with Crippen LogP contribution in [0.25, 0.3) is 0 Å². The molecule has 0 heterocycles. The summed E-state index contributed by atoms with van der Waals surface area (Å²) >= 11 is 0. The van der Waals surface area contributed by atoms with E-state index in [9.17, 15) is 4.57 Å². The van der Waals surface area contributed by atoms with E-state index in [-0.39, 0.29) is 0 Å². The van der Waals surface area contributed by atoms with Crippen molar-refractivity contribution in [3.63, 3.8) is 0 Å². The third kappa shape index (κ3) is 3.47. The van der Waals surface area contributed by atoms with Crippen molar-refractivity contribution < 1.29 is 9.09 Å². The molecule has 0 N–H and O–H groups in total. The summed E-state index contributed by atoms with van der Waals surface area (Å²) in [6, 6.07) is 28.6. The van der Waals surface area contributed by atoms with Crippen LogP contribution in [0.4, 0.5) is 0 Å². The van der Waals surface area contributed by atoms with Crippen LogP contribution < -0.4 is 9.83 Å². The highest BCUT2D eigenvalue weighted by Crippen LogP contribution is 2.49. The van der Waals surface area contributed by atoms with Crippen LogP contribution in [0.3, 0.4) is 0 Å². The van der Waals surface area contributed by atoms with Gasteiger partial charge in [0.05, 0.1) is 6.16 Å². The van der Waals surface area contributed by atoms with Crippen molar-refractivity contribution >= 4 is 12.7 Å². The summed E-state index contributed by atoms with van der Waals surface area (Å²) in [6.07, 6.45) is 0.382. The van der Waals surface area contributed by atoms with Crippen LogP contribution in [0.5, 0.6) is 5.75 Å². The maximum atomic E-state index is 13.5. The summed E-state index contributed by atoms with van der Waals surface area (Å²) in [7, 11) is -3.02. The van der Waals surface area contributed by atoms with Crippen molar-refractivity contribution in [2.75, 3.05) is 0 Å². The molecule has 0 aliphatic carbocycles. The highest BCUT2D eigenvalue weighted by atomic mass is 31.2. The second-order valence-electron chi connectivity index (χ2n) is 5.06. The monoisotopic (exact) mass is 308 g/mol. The molecule has 3 rings (SSSR count). The second kappa shape index (κ2) is 6.64. The van der Waals surface area contributed by atoms with E-state index in [4.69, 9.17) is 4.52 Å². The molecule has 3 aromatic carbocycles. The van der Waals surface area contributed by atoms with Gasteiger partial charge in [-0.05, 0) is 29.8 Å². The first-order chi connectivity index (χ1) is 10.8. The summed E-state index contributed by atoms with van der Waals surface area (Å²) in [5, 5.41) is 0.739. The molecule has 0 spiro atoms. The van der Waals surface area contributed by atoms with E-state index in [0.717, 1.165) is 10.9 Å². The maximum absolute atomic E-state index is 13.5. The van der Waals surface area contributed by atoms with Gasteiger partial charge in [0.25, 0.3) is 7.37 Å². The number of benzene rings is 3. The molecule has 0 saturated carbocycles. The van der Waals surface area contributed by atoms with Gasteiger partial charge in [-0.3, -0.25) is 4.57 Å². The van der Waals surface area contributed by atoms with Gasteiger partial charge < -0.3 is 4.52 Å². The molecular weight excluding hydrogens is 291 g/mol. The molecule has 0 amide bonds.